The minimum absolute atomic E-state index is 0.0188. The highest BCUT2D eigenvalue weighted by atomic mass is 35.5. The third kappa shape index (κ3) is 4.13. The van der Waals surface area contributed by atoms with Crippen LogP contribution in [0, 0.1) is 0 Å². The summed E-state index contributed by atoms with van der Waals surface area (Å²) in [5.41, 5.74) is 4.53. The van der Waals surface area contributed by atoms with Crippen LogP contribution in [-0.4, -0.2) is 13.8 Å². The van der Waals surface area contributed by atoms with Crippen LogP contribution in [0.25, 0.3) is 11.3 Å². The van der Waals surface area contributed by atoms with Gasteiger partial charge in [0.2, 0.25) is 0 Å². The molecule has 0 bridgehead atoms. The molecule has 29 heavy (non-hydrogen) atoms. The van der Waals surface area contributed by atoms with Crippen molar-refractivity contribution in [2.24, 2.45) is 0 Å². The maximum absolute atomic E-state index is 11.0. The zero-order valence-corrected chi connectivity index (χ0v) is 17.7. The number of halogens is 1. The molecule has 146 valence electrons. The molecule has 1 unspecified atom stereocenters. The maximum Gasteiger partial charge on any atom is 0.144 e. The molecule has 4 rings (SSSR count). The highest BCUT2D eigenvalue weighted by Gasteiger charge is 2.30. The summed E-state index contributed by atoms with van der Waals surface area (Å²) < 4.78 is 28.4. The second-order valence-electron chi connectivity index (χ2n) is 6.69. The summed E-state index contributed by atoms with van der Waals surface area (Å²) in [7, 11) is -2.47. The fourth-order valence-corrected chi connectivity index (χ4v) is 4.42. The van der Waals surface area contributed by atoms with Crippen molar-refractivity contribution in [3.63, 3.8) is 0 Å². The van der Waals surface area contributed by atoms with Crippen LogP contribution >= 0.6 is 23.8 Å². The van der Waals surface area contributed by atoms with E-state index >= 15 is 0 Å². The molecule has 0 saturated heterocycles. The van der Waals surface area contributed by atoms with Crippen molar-refractivity contribution in [1.29, 1.82) is 0 Å². The first-order chi connectivity index (χ1) is 14.1. The first kappa shape index (κ1) is 19.8. The van der Waals surface area contributed by atoms with Gasteiger partial charge in [-0.05, 0) is 34.7 Å². The van der Waals surface area contributed by atoms with E-state index in [-0.39, 0.29) is 11.7 Å². The van der Waals surface area contributed by atoms with Crippen LogP contribution in [0.2, 0.25) is 5.02 Å². The first-order valence-corrected chi connectivity index (χ1v) is 11.2. The van der Waals surface area contributed by atoms with Gasteiger partial charge in [0, 0.05) is 27.6 Å². The predicted molar refractivity (Wildman–Crippen MR) is 122 cm³/mol. The minimum atomic E-state index is -2.47. The van der Waals surface area contributed by atoms with Gasteiger partial charge in [-0.25, -0.2) is 8.42 Å². The Morgan fingerprint density at radius 3 is 2.24 bits per heavy atom. The van der Waals surface area contributed by atoms with Crippen LogP contribution in [0.3, 0.4) is 0 Å². The number of thiocarbonyl (C=S) groups is 1. The molecule has 0 fully saturated rings. The lowest BCUT2D eigenvalue weighted by Crippen LogP contribution is -2.15. The molecule has 3 aromatic carbocycles. The topological polar surface area (TPSA) is 43.4 Å². The number of thiol groups is 1. The molecule has 0 aromatic heterocycles. The van der Waals surface area contributed by atoms with Gasteiger partial charge in [-0.15, -0.1) is 0 Å². The van der Waals surface area contributed by atoms with Crippen molar-refractivity contribution in [1.82, 2.24) is 0 Å². The van der Waals surface area contributed by atoms with Crippen LogP contribution in [0.4, 0.5) is 0 Å². The van der Waals surface area contributed by atoms with Crippen molar-refractivity contribution in [3.05, 3.63) is 100 Å². The number of rotatable bonds is 5. The van der Waals surface area contributed by atoms with Gasteiger partial charge >= 0.3 is 0 Å². The largest absolute Gasteiger partial charge is 0.456 e. The molecular formula is C23H17ClO3S2. The summed E-state index contributed by atoms with van der Waals surface area (Å²) in [5.74, 6) is 1.36. The van der Waals surface area contributed by atoms with E-state index in [0.29, 0.717) is 10.8 Å². The molecule has 0 amide bonds. The van der Waals surface area contributed by atoms with Gasteiger partial charge in [-0.3, -0.25) is 0 Å². The van der Waals surface area contributed by atoms with Gasteiger partial charge in [-0.2, -0.15) is 0 Å². The van der Waals surface area contributed by atoms with Gasteiger partial charge in [-0.1, -0.05) is 78.4 Å². The number of hydrogen-bond donors (Lipinski definition) is 1. The lowest BCUT2D eigenvalue weighted by molar-refractivity contribution is 0.500. The zero-order chi connectivity index (χ0) is 20.4. The third-order valence-electron chi connectivity index (χ3n) is 4.84. The SMILES string of the molecule is O=[SH](=O)Cc1ccc(C2=C(c3ccc(Cl)cc3)C(C=S)c3ccccc3O2)cc1. The molecule has 6 heteroatoms. The van der Waals surface area contributed by atoms with E-state index in [2.05, 4.69) is 0 Å². The Hall–Kier alpha value is -2.47. The molecule has 1 heterocycles. The summed E-state index contributed by atoms with van der Waals surface area (Å²) in [6.07, 6.45) is 0. The summed E-state index contributed by atoms with van der Waals surface area (Å²) in [4.78, 5) is 0. The highest BCUT2D eigenvalue weighted by molar-refractivity contribution is 7.79. The van der Waals surface area contributed by atoms with Gasteiger partial charge in [0.05, 0.1) is 5.75 Å². The number of para-hydroxylation sites is 1. The van der Waals surface area contributed by atoms with Crippen molar-refractivity contribution in [2.45, 2.75) is 11.7 Å². The summed E-state index contributed by atoms with van der Waals surface area (Å²) >= 11 is 11.5. The molecule has 0 radical (unpaired) electrons. The Bertz CT molecular complexity index is 1160. The molecule has 0 N–H and O–H groups in total. The van der Waals surface area contributed by atoms with Crippen LogP contribution in [0.5, 0.6) is 5.75 Å². The molecule has 0 spiro atoms. The van der Waals surface area contributed by atoms with E-state index < -0.39 is 10.7 Å². The Kier molecular flexibility index (Phi) is 5.81. The van der Waals surface area contributed by atoms with Gasteiger partial charge in [0.15, 0.2) is 0 Å². The predicted octanol–water partition coefficient (Wildman–Crippen LogP) is 5.50. The van der Waals surface area contributed by atoms with Crippen molar-refractivity contribution in [3.8, 4) is 5.75 Å². The number of hydrogen-bond acceptors (Lipinski definition) is 4. The van der Waals surface area contributed by atoms with Gasteiger partial charge in [0.25, 0.3) is 0 Å². The average molecular weight is 441 g/mol. The Labute approximate surface area is 181 Å². The average Bonchev–Trinajstić information content (AvgIpc) is 2.73. The van der Waals surface area contributed by atoms with Crippen molar-refractivity contribution >= 4 is 51.2 Å². The molecular weight excluding hydrogens is 424 g/mol. The Balaban J connectivity index is 1.89. The van der Waals surface area contributed by atoms with E-state index in [4.69, 9.17) is 28.6 Å². The highest BCUT2D eigenvalue weighted by Crippen LogP contribution is 2.46. The van der Waals surface area contributed by atoms with Crippen molar-refractivity contribution in [2.75, 3.05) is 0 Å². The Morgan fingerprint density at radius 2 is 1.59 bits per heavy atom. The Morgan fingerprint density at radius 1 is 0.931 bits per heavy atom. The molecule has 1 aliphatic heterocycles. The van der Waals surface area contributed by atoms with E-state index in [1.807, 2.05) is 72.8 Å². The van der Waals surface area contributed by atoms with Crippen LogP contribution in [0.1, 0.15) is 28.2 Å². The first-order valence-electron chi connectivity index (χ1n) is 9.00. The number of ether oxygens (including phenoxy) is 1. The van der Waals surface area contributed by atoms with E-state index in [1.165, 1.54) is 0 Å². The van der Waals surface area contributed by atoms with Gasteiger partial charge < -0.3 is 4.74 Å². The van der Waals surface area contributed by atoms with E-state index in [0.717, 1.165) is 33.6 Å². The number of fused-ring (bicyclic) bond motifs is 1. The normalized spacial score (nSPS) is 15.7. The maximum atomic E-state index is 11.0. The van der Waals surface area contributed by atoms with Crippen LogP contribution < -0.4 is 4.74 Å². The molecule has 0 aliphatic carbocycles. The van der Waals surface area contributed by atoms with Gasteiger partial charge in [0.1, 0.15) is 22.2 Å². The molecule has 0 saturated carbocycles. The zero-order valence-electron chi connectivity index (χ0n) is 15.2. The lowest BCUT2D eigenvalue weighted by Gasteiger charge is -2.29. The second kappa shape index (κ2) is 8.49. The smallest absolute Gasteiger partial charge is 0.144 e. The quantitative estimate of drug-likeness (QED) is 0.420. The van der Waals surface area contributed by atoms with E-state index in [9.17, 15) is 8.42 Å². The molecule has 3 aromatic rings. The molecule has 3 nitrogen and oxygen atoms in total. The van der Waals surface area contributed by atoms with E-state index in [1.54, 1.807) is 5.37 Å². The fourth-order valence-electron chi connectivity index (χ4n) is 3.50. The molecule has 1 atom stereocenters. The third-order valence-corrected chi connectivity index (χ3v) is 5.99. The van der Waals surface area contributed by atoms with Crippen LogP contribution in [0.15, 0.2) is 72.8 Å². The number of allylic oxidation sites excluding steroid dienone is 1. The monoisotopic (exact) mass is 440 g/mol. The van der Waals surface area contributed by atoms with Crippen molar-refractivity contribution < 1.29 is 13.2 Å². The fraction of sp³-hybridized carbons (Fsp3) is 0.0870. The summed E-state index contributed by atoms with van der Waals surface area (Å²) in [6, 6.07) is 22.8. The lowest BCUT2D eigenvalue weighted by atomic mass is 9.83. The minimum Gasteiger partial charge on any atom is -0.456 e. The second-order valence-corrected chi connectivity index (χ2v) is 8.38. The molecule has 1 aliphatic rings. The van der Waals surface area contributed by atoms with Crippen LogP contribution in [-0.2, 0) is 16.5 Å². The standard InChI is InChI=1S/C23H17ClO3S2/c24-18-11-9-16(10-12-18)22-20(13-28)19-3-1-2-4-21(19)27-23(22)17-7-5-15(6-8-17)14-29(25)26/h1-13,20,29H,14H2. The number of benzene rings is 3. The summed E-state index contributed by atoms with van der Waals surface area (Å²) in [6.45, 7) is 0. The summed E-state index contributed by atoms with van der Waals surface area (Å²) in [5, 5.41) is 2.41.